The number of nitrogens with one attached hydrogen (secondary N) is 2. The van der Waals surface area contributed by atoms with Gasteiger partial charge >= 0.3 is 0 Å². The fraction of sp³-hybridized carbons (Fsp3) is 0.222. The highest BCUT2D eigenvalue weighted by molar-refractivity contribution is 5.93. The number of hydrogen-bond acceptors (Lipinski definition) is 4. The van der Waals surface area contributed by atoms with Crippen LogP contribution in [0.25, 0.3) is 11.4 Å². The summed E-state index contributed by atoms with van der Waals surface area (Å²) >= 11 is 0. The van der Waals surface area contributed by atoms with Crippen LogP contribution in [0.1, 0.15) is 17.5 Å². The molecule has 0 radical (unpaired) electrons. The Morgan fingerprint density at radius 2 is 2.00 bits per heavy atom. The van der Waals surface area contributed by atoms with Gasteiger partial charge in [0.25, 0.3) is 0 Å². The third-order valence-electron chi connectivity index (χ3n) is 4.45. The van der Waals surface area contributed by atoms with Crippen molar-refractivity contribution in [2.75, 3.05) is 5.32 Å². The number of anilines is 1. The van der Waals surface area contributed by atoms with Gasteiger partial charge in [0.05, 0.1) is 0 Å². The molecule has 4 rings (SSSR count). The van der Waals surface area contributed by atoms with Crippen LogP contribution >= 0.6 is 0 Å². The first kappa shape index (κ1) is 14.6. The maximum Gasteiger partial charge on any atom is 0.227 e. The molecule has 120 valence electrons. The van der Waals surface area contributed by atoms with E-state index in [4.69, 9.17) is 0 Å². The lowest BCUT2D eigenvalue weighted by molar-refractivity contribution is -0.120. The van der Waals surface area contributed by atoms with Gasteiger partial charge in [-0.25, -0.2) is 0 Å². The molecule has 0 aliphatic heterocycles. The van der Waals surface area contributed by atoms with Crippen LogP contribution in [-0.2, 0) is 17.6 Å². The molecule has 0 saturated heterocycles. The van der Waals surface area contributed by atoms with E-state index in [0.29, 0.717) is 5.82 Å². The molecule has 2 aromatic carbocycles. The Balaban J connectivity index is 1.48. The first-order valence-corrected chi connectivity index (χ1v) is 8.01. The summed E-state index contributed by atoms with van der Waals surface area (Å²) in [5, 5.41) is 16.9. The summed E-state index contributed by atoms with van der Waals surface area (Å²) in [7, 11) is 0. The maximum absolute atomic E-state index is 12.6. The third kappa shape index (κ3) is 2.90. The first-order valence-electron chi connectivity index (χ1n) is 8.01. The number of carbonyl (C=O) groups excluding carboxylic acids is 1. The number of hydrogen-bond donors (Lipinski definition) is 2. The SMILES string of the molecule is O=C(Nc1cccc(-c2nn[nH]n2)c1)C1CCc2ccccc2C1. The largest absolute Gasteiger partial charge is 0.326 e. The molecule has 6 heteroatoms. The zero-order valence-electron chi connectivity index (χ0n) is 13.1. The van der Waals surface area contributed by atoms with Crippen LogP contribution in [0.2, 0.25) is 0 Å². The summed E-state index contributed by atoms with van der Waals surface area (Å²) in [6, 6.07) is 15.9. The number of H-pyrrole nitrogens is 1. The van der Waals surface area contributed by atoms with Gasteiger partial charge in [-0.3, -0.25) is 4.79 Å². The molecule has 2 N–H and O–H groups in total. The summed E-state index contributed by atoms with van der Waals surface area (Å²) in [4.78, 5) is 12.6. The normalized spacial score (nSPS) is 16.4. The molecule has 6 nitrogen and oxygen atoms in total. The van der Waals surface area contributed by atoms with E-state index in [-0.39, 0.29) is 11.8 Å². The number of carbonyl (C=O) groups is 1. The second-order valence-corrected chi connectivity index (χ2v) is 6.01. The fourth-order valence-electron chi connectivity index (χ4n) is 3.19. The van der Waals surface area contributed by atoms with Crippen molar-refractivity contribution in [1.82, 2.24) is 20.6 Å². The number of aromatic amines is 1. The Hall–Kier alpha value is -3.02. The number of fused-ring (bicyclic) bond motifs is 1. The Morgan fingerprint density at radius 3 is 2.83 bits per heavy atom. The van der Waals surface area contributed by atoms with Gasteiger partial charge in [-0.05, 0) is 47.7 Å². The van der Waals surface area contributed by atoms with Crippen LogP contribution in [0.4, 0.5) is 5.69 Å². The molecule has 24 heavy (non-hydrogen) atoms. The molecule has 1 aromatic heterocycles. The van der Waals surface area contributed by atoms with Gasteiger partial charge < -0.3 is 5.32 Å². The summed E-state index contributed by atoms with van der Waals surface area (Å²) < 4.78 is 0. The van der Waals surface area contributed by atoms with Gasteiger partial charge in [-0.1, -0.05) is 36.4 Å². The van der Waals surface area contributed by atoms with Crippen molar-refractivity contribution in [3.8, 4) is 11.4 Å². The molecule has 0 fully saturated rings. The van der Waals surface area contributed by atoms with Gasteiger partial charge in [0.2, 0.25) is 11.7 Å². The predicted molar refractivity (Wildman–Crippen MR) is 90.2 cm³/mol. The number of rotatable bonds is 3. The standard InChI is InChI=1S/C18H17N5O/c24-18(15-9-8-12-4-1-2-5-13(12)10-15)19-16-7-3-6-14(11-16)17-20-22-23-21-17/h1-7,11,15H,8-10H2,(H,19,24)(H,20,21,22,23). The zero-order chi connectivity index (χ0) is 16.4. The van der Waals surface area contributed by atoms with E-state index in [1.54, 1.807) is 0 Å². The van der Waals surface area contributed by atoms with Gasteiger partial charge in [0.1, 0.15) is 0 Å². The molecule has 1 heterocycles. The lowest BCUT2D eigenvalue weighted by Crippen LogP contribution is -2.28. The van der Waals surface area contributed by atoms with Gasteiger partial charge in [-0.15, -0.1) is 10.2 Å². The number of aromatic nitrogens is 4. The van der Waals surface area contributed by atoms with Crippen molar-refractivity contribution in [3.63, 3.8) is 0 Å². The molecule has 0 saturated carbocycles. The third-order valence-corrected chi connectivity index (χ3v) is 4.45. The highest BCUT2D eigenvalue weighted by Gasteiger charge is 2.24. The number of tetrazole rings is 1. The van der Waals surface area contributed by atoms with E-state index in [1.165, 1.54) is 11.1 Å². The average molecular weight is 319 g/mol. The number of amides is 1. The predicted octanol–water partition coefficient (Wildman–Crippen LogP) is 2.61. The van der Waals surface area contributed by atoms with Crippen LogP contribution in [0.3, 0.4) is 0 Å². The summed E-state index contributed by atoms with van der Waals surface area (Å²) in [5.74, 6) is 0.584. The Labute approximate surface area is 139 Å². The summed E-state index contributed by atoms with van der Waals surface area (Å²) in [6.45, 7) is 0. The van der Waals surface area contributed by atoms with Crippen LogP contribution in [-0.4, -0.2) is 26.5 Å². The van der Waals surface area contributed by atoms with Crippen molar-refractivity contribution in [1.29, 1.82) is 0 Å². The Morgan fingerprint density at radius 1 is 1.12 bits per heavy atom. The van der Waals surface area contributed by atoms with Crippen molar-refractivity contribution < 1.29 is 4.79 Å². The topological polar surface area (TPSA) is 83.6 Å². The molecule has 1 atom stereocenters. The first-order chi connectivity index (χ1) is 11.8. The molecule has 0 bridgehead atoms. The van der Waals surface area contributed by atoms with E-state index in [0.717, 1.165) is 30.5 Å². The van der Waals surface area contributed by atoms with Crippen LogP contribution < -0.4 is 5.32 Å². The van der Waals surface area contributed by atoms with E-state index in [2.05, 4.69) is 44.1 Å². The number of aryl methyl sites for hydroxylation is 1. The van der Waals surface area contributed by atoms with Gasteiger partial charge in [-0.2, -0.15) is 5.21 Å². The zero-order valence-corrected chi connectivity index (χ0v) is 13.1. The molecule has 3 aromatic rings. The molecular weight excluding hydrogens is 302 g/mol. The fourth-order valence-corrected chi connectivity index (χ4v) is 3.19. The van der Waals surface area contributed by atoms with Crippen molar-refractivity contribution in [2.24, 2.45) is 5.92 Å². The van der Waals surface area contributed by atoms with Crippen molar-refractivity contribution >= 4 is 11.6 Å². The van der Waals surface area contributed by atoms with Gasteiger partial charge in [0, 0.05) is 17.2 Å². The van der Waals surface area contributed by atoms with Crippen LogP contribution in [0, 0.1) is 5.92 Å². The number of benzene rings is 2. The summed E-state index contributed by atoms with van der Waals surface area (Å²) in [5.41, 5.74) is 4.21. The van der Waals surface area contributed by atoms with E-state index in [1.807, 2.05) is 30.3 Å². The molecule has 1 aliphatic rings. The molecule has 1 amide bonds. The molecule has 1 unspecified atom stereocenters. The second-order valence-electron chi connectivity index (χ2n) is 6.01. The lowest BCUT2D eigenvalue weighted by atomic mass is 9.83. The van der Waals surface area contributed by atoms with Crippen molar-refractivity contribution in [3.05, 3.63) is 59.7 Å². The monoisotopic (exact) mass is 319 g/mol. The average Bonchev–Trinajstić information content (AvgIpc) is 3.16. The second kappa shape index (κ2) is 6.23. The molecule has 0 spiro atoms. The summed E-state index contributed by atoms with van der Waals surface area (Å²) in [6.07, 6.45) is 2.64. The maximum atomic E-state index is 12.6. The van der Waals surface area contributed by atoms with Gasteiger partial charge in [0.15, 0.2) is 0 Å². The quantitative estimate of drug-likeness (QED) is 0.777. The minimum Gasteiger partial charge on any atom is -0.326 e. The smallest absolute Gasteiger partial charge is 0.227 e. The van der Waals surface area contributed by atoms with E-state index in [9.17, 15) is 4.79 Å². The molecular formula is C18H17N5O. The Bertz CT molecular complexity index is 859. The van der Waals surface area contributed by atoms with E-state index < -0.39 is 0 Å². The van der Waals surface area contributed by atoms with E-state index >= 15 is 0 Å². The van der Waals surface area contributed by atoms with Crippen LogP contribution in [0.15, 0.2) is 48.5 Å². The lowest BCUT2D eigenvalue weighted by Gasteiger charge is -2.23. The highest BCUT2D eigenvalue weighted by atomic mass is 16.1. The number of nitrogens with zero attached hydrogens (tertiary/aromatic N) is 3. The van der Waals surface area contributed by atoms with Crippen LogP contribution in [0.5, 0.6) is 0 Å². The van der Waals surface area contributed by atoms with Crippen molar-refractivity contribution in [2.45, 2.75) is 19.3 Å². The minimum absolute atomic E-state index is 0.00808. The molecule has 1 aliphatic carbocycles. The highest BCUT2D eigenvalue weighted by Crippen LogP contribution is 2.27. The minimum atomic E-state index is 0.00808. The Kier molecular flexibility index (Phi) is 3.78.